The lowest BCUT2D eigenvalue weighted by molar-refractivity contribution is -0.384. The summed E-state index contributed by atoms with van der Waals surface area (Å²) >= 11 is 0. The Kier molecular flexibility index (Phi) is 5.96. The molecule has 1 saturated heterocycles. The quantitative estimate of drug-likeness (QED) is 0.509. The van der Waals surface area contributed by atoms with Crippen molar-refractivity contribution in [3.8, 4) is 11.5 Å². The van der Waals surface area contributed by atoms with Crippen molar-refractivity contribution in [2.75, 3.05) is 20.8 Å². The highest BCUT2D eigenvalue weighted by Crippen LogP contribution is 2.42. The van der Waals surface area contributed by atoms with Crippen molar-refractivity contribution in [2.45, 2.75) is 38.8 Å². The molecule has 1 fully saturated rings. The van der Waals surface area contributed by atoms with Crippen LogP contribution in [-0.2, 0) is 13.0 Å². The van der Waals surface area contributed by atoms with Crippen LogP contribution in [0.5, 0.6) is 11.5 Å². The van der Waals surface area contributed by atoms with Gasteiger partial charge in [-0.15, -0.1) is 0 Å². The number of carbonyl (C=O) groups is 1. The van der Waals surface area contributed by atoms with Gasteiger partial charge in [-0.05, 0) is 61.9 Å². The number of benzene rings is 2. The molecule has 2 aromatic rings. The molecule has 0 spiro atoms. The van der Waals surface area contributed by atoms with E-state index >= 15 is 0 Å². The summed E-state index contributed by atoms with van der Waals surface area (Å²) in [6, 6.07) is 10.9. The number of hydrogen-bond donors (Lipinski definition) is 0. The first-order chi connectivity index (χ1) is 14.9. The van der Waals surface area contributed by atoms with E-state index in [1.807, 2.05) is 18.2 Å². The minimum Gasteiger partial charge on any atom is -0.493 e. The van der Waals surface area contributed by atoms with E-state index in [0.717, 1.165) is 42.5 Å². The molecule has 0 saturated carbocycles. The normalized spacial score (nSPS) is 23.5. The van der Waals surface area contributed by atoms with Gasteiger partial charge < -0.3 is 9.47 Å². The molecule has 0 N–H and O–H groups in total. The summed E-state index contributed by atoms with van der Waals surface area (Å²) in [5.74, 6) is 1.79. The Labute approximate surface area is 182 Å². The van der Waals surface area contributed by atoms with Gasteiger partial charge >= 0.3 is 0 Å². The van der Waals surface area contributed by atoms with Gasteiger partial charge in [-0.3, -0.25) is 19.8 Å². The van der Waals surface area contributed by atoms with Crippen molar-refractivity contribution in [2.24, 2.45) is 11.8 Å². The molecule has 1 aliphatic heterocycles. The number of Topliss-reactive ketones (excluding diaryl/α,β-unsaturated/α-hetero) is 1. The van der Waals surface area contributed by atoms with E-state index in [-0.39, 0.29) is 22.3 Å². The molecule has 31 heavy (non-hydrogen) atoms. The number of carbonyl (C=O) groups excluding carboxylic acids is 1. The van der Waals surface area contributed by atoms with Crippen LogP contribution in [-0.4, -0.2) is 42.4 Å². The van der Waals surface area contributed by atoms with Crippen molar-refractivity contribution in [1.82, 2.24) is 4.90 Å². The largest absolute Gasteiger partial charge is 0.493 e. The molecule has 0 aromatic heterocycles. The second-order valence-electron chi connectivity index (χ2n) is 8.57. The lowest BCUT2D eigenvalue weighted by Crippen LogP contribution is -2.42. The van der Waals surface area contributed by atoms with Gasteiger partial charge in [0.1, 0.15) is 0 Å². The summed E-state index contributed by atoms with van der Waals surface area (Å²) in [7, 11) is 3.19. The molecule has 2 aromatic carbocycles. The maximum absolute atomic E-state index is 13.2. The maximum Gasteiger partial charge on any atom is 0.269 e. The second-order valence-corrected chi connectivity index (χ2v) is 8.57. The summed E-state index contributed by atoms with van der Waals surface area (Å²) < 4.78 is 10.8. The number of rotatable bonds is 6. The zero-order chi connectivity index (χ0) is 22.1. The Morgan fingerprint density at radius 1 is 1.16 bits per heavy atom. The van der Waals surface area contributed by atoms with E-state index < -0.39 is 0 Å². The lowest BCUT2D eigenvalue weighted by atomic mass is 9.79. The molecule has 7 heteroatoms. The summed E-state index contributed by atoms with van der Waals surface area (Å²) in [4.78, 5) is 26.2. The molecule has 2 aliphatic rings. The molecule has 7 nitrogen and oxygen atoms in total. The van der Waals surface area contributed by atoms with Gasteiger partial charge in [0.15, 0.2) is 17.3 Å². The number of nitro benzene ring substituents is 1. The average molecular weight is 424 g/mol. The van der Waals surface area contributed by atoms with Gasteiger partial charge in [0.25, 0.3) is 5.69 Å². The van der Waals surface area contributed by atoms with Crippen molar-refractivity contribution >= 4 is 11.5 Å². The highest BCUT2D eigenvalue weighted by molar-refractivity contribution is 6.03. The topological polar surface area (TPSA) is 81.9 Å². The zero-order valence-electron chi connectivity index (χ0n) is 18.2. The number of ether oxygens (including phenoxy) is 2. The van der Waals surface area contributed by atoms with Crippen LogP contribution in [0.4, 0.5) is 5.69 Å². The van der Waals surface area contributed by atoms with E-state index in [1.165, 1.54) is 6.07 Å². The van der Waals surface area contributed by atoms with E-state index in [4.69, 9.17) is 9.47 Å². The van der Waals surface area contributed by atoms with Crippen LogP contribution in [0.2, 0.25) is 0 Å². The van der Waals surface area contributed by atoms with Crippen molar-refractivity contribution in [3.05, 3.63) is 63.2 Å². The molecule has 3 unspecified atom stereocenters. The third-order valence-corrected chi connectivity index (χ3v) is 6.78. The van der Waals surface area contributed by atoms with E-state index in [0.29, 0.717) is 30.0 Å². The number of ketones is 1. The van der Waals surface area contributed by atoms with Crippen LogP contribution >= 0.6 is 0 Å². The fourth-order valence-electron chi connectivity index (χ4n) is 5.09. The average Bonchev–Trinajstić information content (AvgIpc) is 3.09. The number of hydrogen-bond acceptors (Lipinski definition) is 6. The molecule has 1 heterocycles. The Balaban J connectivity index is 1.43. The fraction of sp³-hybridized carbons (Fsp3) is 0.458. The Morgan fingerprint density at radius 2 is 1.90 bits per heavy atom. The molecule has 0 amide bonds. The molecular weight excluding hydrogens is 396 g/mol. The second kappa shape index (κ2) is 8.67. The number of nitro groups is 1. The fourth-order valence-corrected chi connectivity index (χ4v) is 5.09. The standard InChI is InChI=1S/C24H28N2O5/c1-15-9-17(7-8-25(15)14-16-5-4-6-19(10-16)26(28)29)20-11-18-12-22(30-2)23(31-3)13-21(18)24(20)27/h4-6,10,12-13,15,17,20H,7-9,11,14H2,1-3H3. The van der Waals surface area contributed by atoms with E-state index in [9.17, 15) is 14.9 Å². The lowest BCUT2D eigenvalue weighted by Gasteiger charge is -2.39. The molecule has 4 rings (SSSR count). The Bertz CT molecular complexity index is 1010. The molecular formula is C24H28N2O5. The monoisotopic (exact) mass is 424 g/mol. The van der Waals surface area contributed by atoms with Gasteiger partial charge in [0.2, 0.25) is 0 Å². The molecule has 0 bridgehead atoms. The van der Waals surface area contributed by atoms with Crippen molar-refractivity contribution in [1.29, 1.82) is 0 Å². The highest BCUT2D eigenvalue weighted by Gasteiger charge is 2.40. The highest BCUT2D eigenvalue weighted by atomic mass is 16.6. The molecule has 0 radical (unpaired) electrons. The van der Waals surface area contributed by atoms with Crippen LogP contribution in [0.25, 0.3) is 0 Å². The Hall–Kier alpha value is -2.93. The number of piperidine rings is 1. The van der Waals surface area contributed by atoms with Gasteiger partial charge in [0.05, 0.1) is 19.1 Å². The van der Waals surface area contributed by atoms with Gasteiger partial charge in [-0.2, -0.15) is 0 Å². The third kappa shape index (κ3) is 4.14. The summed E-state index contributed by atoms with van der Waals surface area (Å²) in [5.41, 5.74) is 2.87. The minimum atomic E-state index is -0.355. The number of fused-ring (bicyclic) bond motifs is 1. The smallest absolute Gasteiger partial charge is 0.269 e. The van der Waals surface area contributed by atoms with E-state index in [1.54, 1.807) is 26.4 Å². The summed E-state index contributed by atoms with van der Waals surface area (Å²) in [6.45, 7) is 3.74. The number of likely N-dealkylation sites (tertiary alicyclic amines) is 1. The molecule has 3 atom stereocenters. The van der Waals surface area contributed by atoms with Crippen LogP contribution in [0.1, 0.15) is 41.3 Å². The van der Waals surface area contributed by atoms with Gasteiger partial charge in [-0.1, -0.05) is 12.1 Å². The Morgan fingerprint density at radius 3 is 2.58 bits per heavy atom. The van der Waals surface area contributed by atoms with Gasteiger partial charge in [0, 0.05) is 36.2 Å². The predicted octanol–water partition coefficient (Wildman–Crippen LogP) is 4.27. The summed E-state index contributed by atoms with van der Waals surface area (Å²) in [5, 5.41) is 11.0. The van der Waals surface area contributed by atoms with Crippen LogP contribution < -0.4 is 9.47 Å². The van der Waals surface area contributed by atoms with Crippen molar-refractivity contribution < 1.29 is 19.2 Å². The minimum absolute atomic E-state index is 0.00535. The van der Waals surface area contributed by atoms with Crippen LogP contribution in [0.15, 0.2) is 36.4 Å². The maximum atomic E-state index is 13.2. The zero-order valence-corrected chi connectivity index (χ0v) is 18.2. The van der Waals surface area contributed by atoms with Crippen molar-refractivity contribution in [3.63, 3.8) is 0 Å². The first kappa shape index (κ1) is 21.3. The molecule has 1 aliphatic carbocycles. The predicted molar refractivity (Wildman–Crippen MR) is 117 cm³/mol. The first-order valence-corrected chi connectivity index (χ1v) is 10.7. The van der Waals surface area contributed by atoms with Crippen LogP contribution in [0.3, 0.4) is 0 Å². The molecule has 164 valence electrons. The first-order valence-electron chi connectivity index (χ1n) is 10.7. The third-order valence-electron chi connectivity index (χ3n) is 6.78. The SMILES string of the molecule is COc1cc2c(cc1OC)C(=O)C(C1CCN(Cc3cccc([N+](=O)[O-])c3)C(C)C1)C2. The summed E-state index contributed by atoms with van der Waals surface area (Å²) in [6.07, 6.45) is 2.63. The number of methoxy groups -OCH3 is 2. The van der Waals surface area contributed by atoms with E-state index in [2.05, 4.69) is 11.8 Å². The number of nitrogens with zero attached hydrogens (tertiary/aromatic N) is 2. The van der Waals surface area contributed by atoms with Crippen LogP contribution in [0, 0.1) is 22.0 Å². The number of non-ortho nitro benzene ring substituents is 1. The van der Waals surface area contributed by atoms with Gasteiger partial charge in [-0.25, -0.2) is 0 Å².